The van der Waals surface area contributed by atoms with Gasteiger partial charge in [0.2, 0.25) is 0 Å². The number of ether oxygens (including phenoxy) is 1. The fraction of sp³-hybridized carbons (Fsp3) is 0.100. The van der Waals surface area contributed by atoms with Gasteiger partial charge >= 0.3 is 0 Å². The number of methoxy groups -OCH3 is 1. The van der Waals surface area contributed by atoms with Crippen LogP contribution in [0, 0.1) is 6.92 Å². The quantitative estimate of drug-likeness (QED) is 0.727. The predicted molar refractivity (Wildman–Crippen MR) is 99.6 cm³/mol. The fourth-order valence-corrected chi connectivity index (χ4v) is 2.34. The molecule has 1 amide bonds. The topological polar surface area (TPSA) is 63.2 Å². The Bertz CT molecular complexity index is 859. The monoisotopic (exact) mass is 333 g/mol. The van der Waals surface area contributed by atoms with Crippen LogP contribution in [0.3, 0.4) is 0 Å². The number of nitrogens with zero attached hydrogens (tertiary/aromatic N) is 1. The van der Waals surface area contributed by atoms with Crippen molar-refractivity contribution >= 4 is 23.0 Å². The highest BCUT2D eigenvalue weighted by atomic mass is 16.5. The molecule has 0 spiro atoms. The highest BCUT2D eigenvalue weighted by molar-refractivity contribution is 6.02. The van der Waals surface area contributed by atoms with Crippen LogP contribution in [-0.4, -0.2) is 18.0 Å². The second-order valence-electron chi connectivity index (χ2n) is 5.58. The molecule has 5 heteroatoms. The van der Waals surface area contributed by atoms with Gasteiger partial charge in [0, 0.05) is 5.69 Å². The summed E-state index contributed by atoms with van der Waals surface area (Å²) in [5.41, 5.74) is 3.85. The van der Waals surface area contributed by atoms with Crippen LogP contribution in [0.1, 0.15) is 16.1 Å². The smallest absolute Gasteiger partial charge is 0.274 e. The van der Waals surface area contributed by atoms with Gasteiger partial charge in [-0.3, -0.25) is 4.79 Å². The van der Waals surface area contributed by atoms with E-state index in [4.69, 9.17) is 4.74 Å². The van der Waals surface area contributed by atoms with Crippen LogP contribution >= 0.6 is 0 Å². The number of carbonyl (C=O) groups excluding carboxylic acids is 1. The van der Waals surface area contributed by atoms with Gasteiger partial charge in [0.05, 0.1) is 24.7 Å². The zero-order valence-electron chi connectivity index (χ0n) is 14.1. The lowest BCUT2D eigenvalue weighted by Gasteiger charge is -2.11. The van der Waals surface area contributed by atoms with Crippen LogP contribution in [0.15, 0.2) is 66.9 Å². The number of aromatic nitrogens is 1. The van der Waals surface area contributed by atoms with Gasteiger partial charge in [-0.15, -0.1) is 0 Å². The summed E-state index contributed by atoms with van der Waals surface area (Å²) in [5, 5.41) is 6.06. The Labute approximate surface area is 146 Å². The van der Waals surface area contributed by atoms with Crippen molar-refractivity contribution < 1.29 is 9.53 Å². The summed E-state index contributed by atoms with van der Waals surface area (Å²) in [6.07, 6.45) is 1.62. The molecule has 0 radical (unpaired) electrons. The lowest BCUT2D eigenvalue weighted by atomic mass is 10.2. The third-order valence-corrected chi connectivity index (χ3v) is 3.69. The molecular formula is C20H19N3O2. The van der Waals surface area contributed by atoms with E-state index in [0.29, 0.717) is 5.69 Å². The van der Waals surface area contributed by atoms with Crippen molar-refractivity contribution in [1.82, 2.24) is 4.98 Å². The molecule has 5 nitrogen and oxygen atoms in total. The normalized spacial score (nSPS) is 10.2. The van der Waals surface area contributed by atoms with Crippen LogP contribution in [0.25, 0.3) is 0 Å². The van der Waals surface area contributed by atoms with Gasteiger partial charge in [-0.1, -0.05) is 29.8 Å². The number of pyridine rings is 1. The summed E-state index contributed by atoms with van der Waals surface area (Å²) in [7, 11) is 1.62. The molecule has 0 bridgehead atoms. The Morgan fingerprint density at radius 2 is 1.68 bits per heavy atom. The Kier molecular flexibility index (Phi) is 4.95. The number of para-hydroxylation sites is 2. The Morgan fingerprint density at radius 3 is 2.36 bits per heavy atom. The van der Waals surface area contributed by atoms with E-state index in [1.54, 1.807) is 19.4 Å². The average molecular weight is 333 g/mol. The van der Waals surface area contributed by atoms with E-state index in [1.165, 1.54) is 0 Å². The zero-order chi connectivity index (χ0) is 17.6. The Morgan fingerprint density at radius 1 is 0.960 bits per heavy atom. The van der Waals surface area contributed by atoms with Crippen LogP contribution in [0.4, 0.5) is 17.1 Å². The van der Waals surface area contributed by atoms with Crippen molar-refractivity contribution in [3.63, 3.8) is 0 Å². The van der Waals surface area contributed by atoms with Gasteiger partial charge in [0.15, 0.2) is 0 Å². The number of rotatable bonds is 5. The second kappa shape index (κ2) is 7.49. The third-order valence-electron chi connectivity index (χ3n) is 3.69. The number of aryl methyl sites for hydroxylation is 1. The van der Waals surface area contributed by atoms with Crippen molar-refractivity contribution in [2.45, 2.75) is 6.92 Å². The summed E-state index contributed by atoms with van der Waals surface area (Å²) in [6, 6.07) is 18.7. The molecule has 0 aliphatic rings. The number of hydrogen-bond acceptors (Lipinski definition) is 4. The summed E-state index contributed by atoms with van der Waals surface area (Å²) in [6.45, 7) is 2.00. The van der Waals surface area contributed by atoms with E-state index < -0.39 is 0 Å². The SMILES string of the molecule is COc1ccccc1Nc1ccc(C(=O)Nc2ccc(C)cc2)nc1. The molecule has 2 aromatic carbocycles. The third kappa shape index (κ3) is 4.14. The number of hydrogen-bond donors (Lipinski definition) is 2. The molecule has 0 unspecified atom stereocenters. The number of nitrogens with one attached hydrogen (secondary N) is 2. The van der Waals surface area contributed by atoms with Crippen LogP contribution < -0.4 is 15.4 Å². The van der Waals surface area contributed by atoms with Crippen molar-refractivity contribution in [1.29, 1.82) is 0 Å². The zero-order valence-corrected chi connectivity index (χ0v) is 14.1. The molecule has 0 aliphatic carbocycles. The molecule has 1 aromatic heterocycles. The minimum Gasteiger partial charge on any atom is -0.495 e. The molecule has 0 aliphatic heterocycles. The molecule has 2 N–H and O–H groups in total. The van der Waals surface area contributed by atoms with E-state index >= 15 is 0 Å². The first-order valence-corrected chi connectivity index (χ1v) is 7.90. The van der Waals surface area contributed by atoms with Crippen molar-refractivity contribution in [2.24, 2.45) is 0 Å². The summed E-state index contributed by atoms with van der Waals surface area (Å²) in [5.74, 6) is 0.497. The lowest BCUT2D eigenvalue weighted by molar-refractivity contribution is 0.102. The molecule has 25 heavy (non-hydrogen) atoms. The van der Waals surface area contributed by atoms with Crippen LogP contribution in [0.2, 0.25) is 0 Å². The van der Waals surface area contributed by atoms with E-state index in [1.807, 2.05) is 61.5 Å². The maximum absolute atomic E-state index is 12.3. The molecular weight excluding hydrogens is 314 g/mol. The van der Waals surface area contributed by atoms with Gasteiger partial charge in [-0.2, -0.15) is 0 Å². The van der Waals surface area contributed by atoms with Gasteiger partial charge in [-0.25, -0.2) is 4.98 Å². The molecule has 0 fully saturated rings. The molecule has 126 valence electrons. The van der Waals surface area contributed by atoms with Gasteiger partial charge in [0.1, 0.15) is 11.4 Å². The first-order valence-electron chi connectivity index (χ1n) is 7.90. The van der Waals surface area contributed by atoms with E-state index in [2.05, 4.69) is 15.6 Å². The number of anilines is 3. The minimum absolute atomic E-state index is 0.243. The van der Waals surface area contributed by atoms with E-state index in [9.17, 15) is 4.79 Å². The molecule has 3 rings (SSSR count). The lowest BCUT2D eigenvalue weighted by Crippen LogP contribution is -2.13. The van der Waals surface area contributed by atoms with Gasteiger partial charge < -0.3 is 15.4 Å². The first kappa shape index (κ1) is 16.5. The van der Waals surface area contributed by atoms with Gasteiger partial charge in [0.25, 0.3) is 5.91 Å². The van der Waals surface area contributed by atoms with Crippen molar-refractivity contribution in [2.75, 3.05) is 17.7 Å². The molecule has 3 aromatic rings. The first-order chi connectivity index (χ1) is 12.2. The molecule has 0 saturated heterocycles. The second-order valence-corrected chi connectivity index (χ2v) is 5.58. The number of benzene rings is 2. The molecule has 0 saturated carbocycles. The fourth-order valence-electron chi connectivity index (χ4n) is 2.34. The largest absolute Gasteiger partial charge is 0.495 e. The number of carbonyl (C=O) groups is 1. The standard InChI is InChI=1S/C20H19N3O2/c1-14-7-9-15(10-8-14)23-20(24)18-12-11-16(13-21-18)22-17-5-3-4-6-19(17)25-2/h3-13,22H,1-2H3,(H,23,24). The highest BCUT2D eigenvalue weighted by Gasteiger charge is 2.08. The summed E-state index contributed by atoms with van der Waals surface area (Å²) >= 11 is 0. The molecule has 1 heterocycles. The maximum atomic E-state index is 12.3. The predicted octanol–water partition coefficient (Wildman–Crippen LogP) is 4.39. The van der Waals surface area contributed by atoms with E-state index in [-0.39, 0.29) is 5.91 Å². The van der Waals surface area contributed by atoms with Crippen LogP contribution in [0.5, 0.6) is 5.75 Å². The Hall–Kier alpha value is -3.34. The Balaban J connectivity index is 1.69. The van der Waals surface area contributed by atoms with Crippen molar-refractivity contribution in [3.8, 4) is 5.75 Å². The highest BCUT2D eigenvalue weighted by Crippen LogP contribution is 2.26. The summed E-state index contributed by atoms with van der Waals surface area (Å²) < 4.78 is 5.31. The van der Waals surface area contributed by atoms with Crippen LogP contribution in [-0.2, 0) is 0 Å². The van der Waals surface area contributed by atoms with Crippen molar-refractivity contribution in [3.05, 3.63) is 78.1 Å². The number of amides is 1. The average Bonchev–Trinajstić information content (AvgIpc) is 2.64. The summed E-state index contributed by atoms with van der Waals surface area (Å²) in [4.78, 5) is 16.5. The van der Waals surface area contributed by atoms with Gasteiger partial charge in [-0.05, 0) is 43.3 Å². The van der Waals surface area contributed by atoms with E-state index in [0.717, 1.165) is 28.4 Å². The molecule has 0 atom stereocenters. The minimum atomic E-state index is -0.243. The maximum Gasteiger partial charge on any atom is 0.274 e.